The number of hydrogen-bond donors (Lipinski definition) is 3. The molecule has 33 heavy (non-hydrogen) atoms. The number of sulfonamides is 1. The lowest BCUT2D eigenvalue weighted by atomic mass is 10.0. The zero-order valence-electron chi connectivity index (χ0n) is 18.7. The van der Waals surface area contributed by atoms with E-state index in [4.69, 9.17) is 0 Å². The molecule has 0 fully saturated rings. The molecule has 10 heteroatoms. The highest BCUT2D eigenvalue weighted by Crippen LogP contribution is 2.29. The summed E-state index contributed by atoms with van der Waals surface area (Å²) in [6.07, 6.45) is 1.85. The van der Waals surface area contributed by atoms with Crippen molar-refractivity contribution >= 4 is 39.1 Å². The average Bonchev–Trinajstić information content (AvgIpc) is 2.81. The van der Waals surface area contributed by atoms with E-state index in [-0.39, 0.29) is 35.7 Å². The van der Waals surface area contributed by atoms with Gasteiger partial charge in [-0.2, -0.15) is 0 Å². The number of hydrogen-bond acceptors (Lipinski definition) is 5. The predicted octanol–water partition coefficient (Wildman–Crippen LogP) is 2.04. The Morgan fingerprint density at radius 3 is 2.42 bits per heavy atom. The van der Waals surface area contributed by atoms with E-state index in [1.807, 2.05) is 0 Å². The number of aryl methyl sites for hydroxylation is 1. The van der Waals surface area contributed by atoms with Gasteiger partial charge < -0.3 is 15.5 Å². The van der Waals surface area contributed by atoms with Crippen molar-refractivity contribution in [1.29, 1.82) is 0 Å². The van der Waals surface area contributed by atoms with Crippen LogP contribution in [0.4, 0.5) is 11.4 Å². The second-order valence-electron chi connectivity index (χ2n) is 7.70. The lowest BCUT2D eigenvalue weighted by molar-refractivity contribution is -0.117. The topological polar surface area (TPSA) is 125 Å². The Labute approximate surface area is 193 Å². The Morgan fingerprint density at radius 1 is 1.03 bits per heavy atom. The van der Waals surface area contributed by atoms with Gasteiger partial charge in [-0.1, -0.05) is 6.92 Å². The second-order valence-corrected chi connectivity index (χ2v) is 9.46. The molecule has 0 bridgehead atoms. The van der Waals surface area contributed by atoms with E-state index in [0.29, 0.717) is 30.6 Å². The number of fused-ring (bicyclic) bond motifs is 1. The van der Waals surface area contributed by atoms with Gasteiger partial charge in [0, 0.05) is 49.9 Å². The number of carbonyl (C=O) groups excluding carboxylic acids is 3. The van der Waals surface area contributed by atoms with Gasteiger partial charge in [0.1, 0.15) is 0 Å². The summed E-state index contributed by atoms with van der Waals surface area (Å²) >= 11 is 0. The van der Waals surface area contributed by atoms with Crippen molar-refractivity contribution in [2.75, 3.05) is 29.9 Å². The lowest BCUT2D eigenvalue weighted by Crippen LogP contribution is -2.35. The first kappa shape index (κ1) is 24.4. The fourth-order valence-corrected chi connectivity index (χ4v) is 4.65. The van der Waals surface area contributed by atoms with Crippen molar-refractivity contribution in [3.05, 3.63) is 53.6 Å². The van der Waals surface area contributed by atoms with Gasteiger partial charge in [-0.05, 0) is 60.9 Å². The van der Waals surface area contributed by atoms with Crippen LogP contribution in [0, 0.1) is 0 Å². The van der Waals surface area contributed by atoms with Gasteiger partial charge in [0.25, 0.3) is 5.91 Å². The van der Waals surface area contributed by atoms with E-state index in [2.05, 4.69) is 15.4 Å². The largest absolute Gasteiger partial charge is 0.351 e. The van der Waals surface area contributed by atoms with Gasteiger partial charge in [-0.25, -0.2) is 13.1 Å². The number of nitrogens with one attached hydrogen (secondary N) is 3. The molecule has 0 saturated carbocycles. The maximum atomic E-state index is 12.7. The molecule has 3 rings (SSSR count). The molecule has 0 aliphatic carbocycles. The maximum Gasteiger partial charge on any atom is 0.251 e. The molecule has 1 heterocycles. The van der Waals surface area contributed by atoms with E-state index < -0.39 is 10.0 Å². The van der Waals surface area contributed by atoms with Crippen LogP contribution in [0.1, 0.15) is 42.6 Å². The van der Waals surface area contributed by atoms with Crippen molar-refractivity contribution in [2.24, 2.45) is 0 Å². The average molecular weight is 473 g/mol. The number of rotatable bonds is 8. The summed E-state index contributed by atoms with van der Waals surface area (Å²) in [5, 5.41) is 5.37. The minimum atomic E-state index is -3.76. The molecule has 0 aromatic heterocycles. The van der Waals surface area contributed by atoms with Crippen LogP contribution in [0.5, 0.6) is 0 Å². The van der Waals surface area contributed by atoms with Gasteiger partial charge in [0.15, 0.2) is 0 Å². The Morgan fingerprint density at radius 2 is 1.76 bits per heavy atom. The van der Waals surface area contributed by atoms with Crippen molar-refractivity contribution in [1.82, 2.24) is 10.0 Å². The van der Waals surface area contributed by atoms with Crippen LogP contribution in [0.2, 0.25) is 0 Å². The zero-order chi connectivity index (χ0) is 24.0. The smallest absolute Gasteiger partial charge is 0.251 e. The molecule has 2 aromatic rings. The Kier molecular flexibility index (Phi) is 7.83. The van der Waals surface area contributed by atoms with E-state index in [9.17, 15) is 22.8 Å². The molecule has 3 N–H and O–H groups in total. The standard InChI is InChI=1S/C23H28N4O5S/c1-3-22(29)26-19-8-6-17(7-9-19)23(30)24-12-13-25-33(31,32)20-10-11-21-18(15-20)5-4-14-27(21)16(2)28/h6-11,15,25H,3-5,12-14H2,1-2H3,(H,24,30)(H,26,29). The van der Waals surface area contributed by atoms with E-state index >= 15 is 0 Å². The number of anilines is 2. The van der Waals surface area contributed by atoms with Crippen molar-refractivity contribution < 1.29 is 22.8 Å². The molecule has 9 nitrogen and oxygen atoms in total. The van der Waals surface area contributed by atoms with Crippen LogP contribution in [0.25, 0.3) is 0 Å². The summed E-state index contributed by atoms with van der Waals surface area (Å²) in [5.74, 6) is -0.531. The van der Waals surface area contributed by atoms with Gasteiger partial charge in [-0.15, -0.1) is 0 Å². The molecule has 0 spiro atoms. The summed E-state index contributed by atoms with van der Waals surface area (Å²) in [5.41, 5.74) is 2.58. The zero-order valence-corrected chi connectivity index (χ0v) is 19.5. The Bertz CT molecular complexity index is 1150. The fraction of sp³-hybridized carbons (Fsp3) is 0.348. The van der Waals surface area contributed by atoms with Gasteiger partial charge in [-0.3, -0.25) is 14.4 Å². The predicted molar refractivity (Wildman–Crippen MR) is 126 cm³/mol. The molecule has 1 aliphatic rings. The van der Waals surface area contributed by atoms with Crippen molar-refractivity contribution in [3.63, 3.8) is 0 Å². The van der Waals surface area contributed by atoms with Crippen LogP contribution >= 0.6 is 0 Å². The molecule has 0 atom stereocenters. The van der Waals surface area contributed by atoms with Crippen molar-refractivity contribution in [3.8, 4) is 0 Å². The van der Waals surface area contributed by atoms with E-state index in [1.54, 1.807) is 48.2 Å². The summed E-state index contributed by atoms with van der Waals surface area (Å²) in [7, 11) is -3.76. The molecule has 2 aromatic carbocycles. The lowest BCUT2D eigenvalue weighted by Gasteiger charge is -2.28. The van der Waals surface area contributed by atoms with Gasteiger partial charge in [0.05, 0.1) is 4.90 Å². The quantitative estimate of drug-likeness (QED) is 0.507. The van der Waals surface area contributed by atoms with E-state index in [1.165, 1.54) is 13.0 Å². The first-order valence-electron chi connectivity index (χ1n) is 10.8. The Hall–Kier alpha value is -3.24. The van der Waals surface area contributed by atoms with Crippen LogP contribution in [0.15, 0.2) is 47.4 Å². The highest BCUT2D eigenvalue weighted by molar-refractivity contribution is 7.89. The van der Waals surface area contributed by atoms with E-state index in [0.717, 1.165) is 17.7 Å². The molecule has 0 unspecified atom stereocenters. The summed E-state index contributed by atoms with van der Waals surface area (Å²) in [4.78, 5) is 37.2. The summed E-state index contributed by atoms with van der Waals surface area (Å²) in [6.45, 7) is 4.00. The highest BCUT2D eigenvalue weighted by atomic mass is 32.2. The SMILES string of the molecule is CCC(=O)Nc1ccc(C(=O)NCCNS(=O)(=O)c2ccc3c(c2)CCCN3C(C)=O)cc1. The van der Waals surface area contributed by atoms with Crippen LogP contribution < -0.4 is 20.3 Å². The Balaban J connectivity index is 1.53. The minimum absolute atomic E-state index is 0.0232. The summed E-state index contributed by atoms with van der Waals surface area (Å²) < 4.78 is 27.8. The molecule has 1 aliphatic heterocycles. The second kappa shape index (κ2) is 10.6. The van der Waals surface area contributed by atoms with Crippen LogP contribution in [-0.4, -0.2) is 45.8 Å². The third-order valence-corrected chi connectivity index (χ3v) is 6.77. The third kappa shape index (κ3) is 6.17. The normalized spacial score (nSPS) is 13.2. The molecule has 0 saturated heterocycles. The molecule has 0 radical (unpaired) electrons. The van der Waals surface area contributed by atoms with Gasteiger partial charge in [0.2, 0.25) is 21.8 Å². The third-order valence-electron chi connectivity index (χ3n) is 5.31. The number of carbonyl (C=O) groups is 3. The molecule has 176 valence electrons. The number of benzene rings is 2. The molecular formula is C23H28N4O5S. The molecule has 3 amide bonds. The monoisotopic (exact) mass is 472 g/mol. The van der Waals surface area contributed by atoms with Crippen LogP contribution in [-0.2, 0) is 26.0 Å². The molecular weight excluding hydrogens is 444 g/mol. The van der Waals surface area contributed by atoms with Gasteiger partial charge >= 0.3 is 0 Å². The summed E-state index contributed by atoms with van der Waals surface area (Å²) in [6, 6.07) is 11.2. The fourth-order valence-electron chi connectivity index (χ4n) is 3.57. The maximum absolute atomic E-state index is 12.7. The highest BCUT2D eigenvalue weighted by Gasteiger charge is 2.23. The first-order valence-corrected chi connectivity index (χ1v) is 12.3. The minimum Gasteiger partial charge on any atom is -0.351 e. The number of amides is 3. The number of nitrogens with zero attached hydrogens (tertiary/aromatic N) is 1. The van der Waals surface area contributed by atoms with Crippen LogP contribution in [0.3, 0.4) is 0 Å². The van der Waals surface area contributed by atoms with Crippen molar-refractivity contribution in [2.45, 2.75) is 38.0 Å². The first-order chi connectivity index (χ1) is 15.7.